The van der Waals surface area contributed by atoms with Crippen molar-refractivity contribution in [2.75, 3.05) is 39.8 Å². The zero-order valence-corrected chi connectivity index (χ0v) is 16.3. The van der Waals surface area contributed by atoms with Gasteiger partial charge in [-0.15, -0.1) is 0 Å². The van der Waals surface area contributed by atoms with Crippen molar-refractivity contribution in [2.45, 2.75) is 31.7 Å². The maximum absolute atomic E-state index is 4.93. The van der Waals surface area contributed by atoms with Gasteiger partial charge in [0, 0.05) is 57.8 Å². The molecule has 0 unspecified atom stereocenters. The molecule has 2 aliphatic rings. The van der Waals surface area contributed by atoms with E-state index in [9.17, 15) is 0 Å². The first-order valence-electron chi connectivity index (χ1n) is 9.83. The molecule has 6 heteroatoms. The lowest BCUT2D eigenvalue weighted by molar-refractivity contribution is 0.169. The lowest BCUT2D eigenvalue weighted by Crippen LogP contribution is -2.53. The maximum atomic E-state index is 4.93. The number of benzene rings is 1. The normalized spacial score (nSPS) is 19.9. The second-order valence-electron chi connectivity index (χ2n) is 7.75. The number of aromatic nitrogens is 1. The van der Waals surface area contributed by atoms with Crippen molar-refractivity contribution in [2.24, 2.45) is 4.99 Å². The first-order chi connectivity index (χ1) is 13.2. The zero-order valence-electron chi connectivity index (χ0n) is 16.3. The Morgan fingerprint density at radius 1 is 1.19 bits per heavy atom. The highest BCUT2D eigenvalue weighted by Gasteiger charge is 2.45. The molecule has 0 amide bonds. The molecule has 1 aromatic heterocycles. The molecule has 1 N–H and O–H groups in total. The molecule has 4 rings (SSSR count). The molecule has 6 nitrogen and oxygen atoms in total. The van der Waals surface area contributed by atoms with Gasteiger partial charge in [-0.25, -0.2) is 0 Å². The third kappa shape index (κ3) is 4.00. The summed E-state index contributed by atoms with van der Waals surface area (Å²) in [6.45, 7) is 8.02. The summed E-state index contributed by atoms with van der Waals surface area (Å²) in [7, 11) is 1.89. The highest BCUT2D eigenvalue weighted by Crippen LogP contribution is 2.48. The predicted octanol–water partition coefficient (Wildman–Crippen LogP) is 2.41. The molecule has 0 bridgehead atoms. The smallest absolute Gasteiger partial charge is 0.193 e. The lowest BCUT2D eigenvalue weighted by Gasteiger charge is -2.36. The fourth-order valence-electron chi connectivity index (χ4n) is 4.11. The van der Waals surface area contributed by atoms with Gasteiger partial charge in [0.15, 0.2) is 5.96 Å². The van der Waals surface area contributed by atoms with Crippen LogP contribution in [0.1, 0.15) is 29.7 Å². The molecular formula is C21H29N5O. The van der Waals surface area contributed by atoms with E-state index in [4.69, 9.17) is 4.52 Å². The molecule has 27 heavy (non-hydrogen) atoms. The number of nitrogens with zero attached hydrogens (tertiary/aromatic N) is 4. The first-order valence-corrected chi connectivity index (χ1v) is 9.83. The van der Waals surface area contributed by atoms with Crippen molar-refractivity contribution >= 4 is 5.96 Å². The van der Waals surface area contributed by atoms with Crippen LogP contribution in [-0.4, -0.2) is 60.7 Å². The highest BCUT2D eigenvalue weighted by atomic mass is 16.5. The Labute approximate surface area is 161 Å². The van der Waals surface area contributed by atoms with Crippen molar-refractivity contribution in [3.05, 3.63) is 53.4 Å². The summed E-state index contributed by atoms with van der Waals surface area (Å²) in [5.41, 5.74) is 4.18. The quantitative estimate of drug-likeness (QED) is 0.650. The zero-order chi connectivity index (χ0) is 18.7. The molecule has 2 fully saturated rings. The van der Waals surface area contributed by atoms with Crippen LogP contribution in [0.5, 0.6) is 0 Å². The van der Waals surface area contributed by atoms with Crippen LogP contribution in [0.4, 0.5) is 0 Å². The molecule has 1 aromatic carbocycles. The summed E-state index contributed by atoms with van der Waals surface area (Å²) in [5.74, 6) is 1.02. The van der Waals surface area contributed by atoms with Crippen molar-refractivity contribution in [1.82, 2.24) is 20.3 Å². The van der Waals surface area contributed by atoms with Gasteiger partial charge in [-0.05, 0) is 30.9 Å². The summed E-state index contributed by atoms with van der Waals surface area (Å²) in [6.07, 6.45) is 4.15. The minimum absolute atomic E-state index is 0.288. The topological polar surface area (TPSA) is 56.9 Å². The standard InChI is InChI=1S/C21H29N5O/c1-17-5-3-4-6-19(17)21(8-9-21)16-23-20(22-2)26-12-10-25(11-13-26)15-18-7-14-27-24-18/h3-7,14H,8-13,15-16H2,1-2H3,(H,22,23). The first kappa shape index (κ1) is 18.0. The van der Waals surface area contributed by atoms with Gasteiger partial charge in [-0.2, -0.15) is 0 Å². The number of aliphatic imine (C=N–C) groups is 1. The van der Waals surface area contributed by atoms with E-state index in [1.54, 1.807) is 6.26 Å². The van der Waals surface area contributed by atoms with Gasteiger partial charge in [0.25, 0.3) is 0 Å². The number of rotatable bonds is 5. The fraction of sp³-hybridized carbons (Fsp3) is 0.524. The fourth-order valence-corrected chi connectivity index (χ4v) is 4.11. The Kier molecular flexibility index (Phi) is 5.16. The Morgan fingerprint density at radius 3 is 2.59 bits per heavy atom. The van der Waals surface area contributed by atoms with Crippen LogP contribution in [0.3, 0.4) is 0 Å². The van der Waals surface area contributed by atoms with Gasteiger partial charge in [-0.1, -0.05) is 29.4 Å². The summed E-state index contributed by atoms with van der Waals surface area (Å²) < 4.78 is 4.93. The monoisotopic (exact) mass is 367 g/mol. The van der Waals surface area contributed by atoms with Gasteiger partial charge in [-0.3, -0.25) is 9.89 Å². The van der Waals surface area contributed by atoms with Crippen molar-refractivity contribution in [1.29, 1.82) is 0 Å². The molecular weight excluding hydrogens is 338 g/mol. The number of hydrogen-bond donors (Lipinski definition) is 1. The SMILES string of the molecule is CN=C(NCC1(c2ccccc2C)CC1)N1CCN(Cc2ccon2)CC1. The Morgan fingerprint density at radius 2 is 1.96 bits per heavy atom. The van der Waals surface area contributed by atoms with Gasteiger partial charge in [0.1, 0.15) is 6.26 Å². The lowest BCUT2D eigenvalue weighted by atomic mass is 9.92. The number of guanidine groups is 1. The van der Waals surface area contributed by atoms with Crippen LogP contribution >= 0.6 is 0 Å². The second kappa shape index (κ2) is 7.72. The number of nitrogens with one attached hydrogen (secondary N) is 1. The van der Waals surface area contributed by atoms with E-state index in [2.05, 4.69) is 56.5 Å². The van der Waals surface area contributed by atoms with E-state index in [1.165, 1.54) is 24.0 Å². The average Bonchev–Trinajstić information content (AvgIpc) is 3.30. The summed E-state index contributed by atoms with van der Waals surface area (Å²) >= 11 is 0. The molecule has 2 aromatic rings. The third-order valence-corrected chi connectivity index (χ3v) is 5.92. The van der Waals surface area contributed by atoms with Crippen LogP contribution in [0, 0.1) is 6.92 Å². The number of piperazine rings is 1. The highest BCUT2D eigenvalue weighted by molar-refractivity contribution is 5.80. The van der Waals surface area contributed by atoms with Gasteiger partial charge < -0.3 is 14.7 Å². The molecule has 2 heterocycles. The Balaban J connectivity index is 1.31. The van der Waals surface area contributed by atoms with Crippen LogP contribution in [-0.2, 0) is 12.0 Å². The van der Waals surface area contributed by atoms with E-state index in [0.29, 0.717) is 0 Å². The molecule has 1 saturated heterocycles. The van der Waals surface area contributed by atoms with E-state index in [-0.39, 0.29) is 5.41 Å². The minimum atomic E-state index is 0.288. The molecule has 0 atom stereocenters. The third-order valence-electron chi connectivity index (χ3n) is 5.92. The Bertz CT molecular complexity index is 774. The molecule has 1 aliphatic carbocycles. The number of aryl methyl sites for hydroxylation is 1. The number of hydrogen-bond acceptors (Lipinski definition) is 4. The molecule has 1 aliphatic heterocycles. The molecule has 144 valence electrons. The van der Waals surface area contributed by atoms with Gasteiger partial charge in [0.05, 0.1) is 5.69 Å². The van der Waals surface area contributed by atoms with Crippen LogP contribution < -0.4 is 5.32 Å². The average molecular weight is 367 g/mol. The van der Waals surface area contributed by atoms with Crippen LogP contribution in [0.2, 0.25) is 0 Å². The van der Waals surface area contributed by atoms with Crippen molar-refractivity contribution in [3.8, 4) is 0 Å². The van der Waals surface area contributed by atoms with Gasteiger partial charge in [0.2, 0.25) is 0 Å². The Hall–Kier alpha value is -2.34. The van der Waals surface area contributed by atoms with Gasteiger partial charge >= 0.3 is 0 Å². The summed E-state index contributed by atoms with van der Waals surface area (Å²) in [5, 5.41) is 7.67. The molecule has 0 radical (unpaired) electrons. The largest absolute Gasteiger partial charge is 0.364 e. The van der Waals surface area contributed by atoms with E-state index in [0.717, 1.165) is 50.9 Å². The van der Waals surface area contributed by atoms with Crippen molar-refractivity contribution < 1.29 is 4.52 Å². The van der Waals surface area contributed by atoms with Crippen LogP contribution in [0.15, 0.2) is 46.1 Å². The van der Waals surface area contributed by atoms with E-state index >= 15 is 0 Å². The second-order valence-corrected chi connectivity index (χ2v) is 7.75. The summed E-state index contributed by atoms with van der Waals surface area (Å²) in [4.78, 5) is 9.33. The maximum Gasteiger partial charge on any atom is 0.193 e. The summed E-state index contributed by atoms with van der Waals surface area (Å²) in [6, 6.07) is 10.7. The van der Waals surface area contributed by atoms with E-state index < -0.39 is 0 Å². The van der Waals surface area contributed by atoms with Crippen LogP contribution in [0.25, 0.3) is 0 Å². The molecule has 1 saturated carbocycles. The molecule has 0 spiro atoms. The minimum Gasteiger partial charge on any atom is -0.364 e. The van der Waals surface area contributed by atoms with E-state index in [1.807, 2.05) is 13.1 Å². The predicted molar refractivity (Wildman–Crippen MR) is 107 cm³/mol. The van der Waals surface area contributed by atoms with Crippen molar-refractivity contribution in [3.63, 3.8) is 0 Å².